The van der Waals surface area contributed by atoms with Crippen molar-refractivity contribution in [3.63, 3.8) is 0 Å². The fourth-order valence-electron chi connectivity index (χ4n) is 2.94. The van der Waals surface area contributed by atoms with Gasteiger partial charge in [0.1, 0.15) is 30.1 Å². The van der Waals surface area contributed by atoms with E-state index in [1.807, 2.05) is 55.5 Å². The molecule has 0 saturated heterocycles. The Morgan fingerprint density at radius 2 is 1.77 bits per heavy atom. The number of pyridine rings is 1. The molecule has 2 aromatic carbocycles. The van der Waals surface area contributed by atoms with E-state index in [9.17, 15) is 9.50 Å². The summed E-state index contributed by atoms with van der Waals surface area (Å²) >= 11 is 1.56. The van der Waals surface area contributed by atoms with Gasteiger partial charge >= 0.3 is 0 Å². The third-order valence-corrected chi connectivity index (χ3v) is 5.54. The lowest BCUT2D eigenvalue weighted by Gasteiger charge is -2.08. The molecule has 0 spiro atoms. The number of hydrogen-bond donors (Lipinski definition) is 1. The number of aliphatic hydroxyl groups excluding tert-OH is 1. The summed E-state index contributed by atoms with van der Waals surface area (Å²) in [6.45, 7) is 1.63. The molecule has 154 valence electrons. The van der Waals surface area contributed by atoms with Gasteiger partial charge in [-0.3, -0.25) is 0 Å². The second-order valence-electron chi connectivity index (χ2n) is 6.66. The Labute approximate surface area is 177 Å². The minimum atomic E-state index is -1.11. The number of alkyl halides is 1. The summed E-state index contributed by atoms with van der Waals surface area (Å²) in [4.78, 5) is 9.01. The Kier molecular flexibility index (Phi) is 6.21. The third-order valence-electron chi connectivity index (χ3n) is 4.47. The van der Waals surface area contributed by atoms with Crippen LogP contribution in [-0.2, 0) is 0 Å². The van der Waals surface area contributed by atoms with Crippen LogP contribution in [-0.4, -0.2) is 41.1 Å². The molecule has 0 aliphatic carbocycles. The van der Waals surface area contributed by atoms with Gasteiger partial charge < -0.3 is 14.6 Å². The van der Waals surface area contributed by atoms with Crippen molar-refractivity contribution in [1.29, 1.82) is 0 Å². The predicted octanol–water partition coefficient (Wildman–Crippen LogP) is 5.13. The van der Waals surface area contributed by atoms with Crippen LogP contribution in [0.4, 0.5) is 4.39 Å². The fourth-order valence-corrected chi connectivity index (χ4v) is 3.94. The van der Waals surface area contributed by atoms with Gasteiger partial charge in [-0.1, -0.05) is 24.3 Å². The minimum Gasteiger partial charge on any atom is -0.491 e. The second-order valence-corrected chi connectivity index (χ2v) is 7.69. The third kappa shape index (κ3) is 4.58. The molecular weight excluding hydrogens is 403 g/mol. The van der Waals surface area contributed by atoms with Crippen LogP contribution in [0, 0.1) is 0 Å². The maximum Gasteiger partial charge on any atom is 0.213 e. The van der Waals surface area contributed by atoms with Crippen molar-refractivity contribution in [1.82, 2.24) is 9.97 Å². The van der Waals surface area contributed by atoms with E-state index in [1.54, 1.807) is 23.6 Å². The van der Waals surface area contributed by atoms with Crippen molar-refractivity contribution in [3.8, 4) is 33.3 Å². The van der Waals surface area contributed by atoms with Crippen molar-refractivity contribution in [2.45, 2.75) is 13.0 Å². The van der Waals surface area contributed by atoms with E-state index < -0.39 is 12.8 Å². The molecule has 0 fully saturated rings. The Morgan fingerprint density at radius 1 is 1.00 bits per heavy atom. The molecule has 0 bridgehead atoms. The SMILES string of the molecule is CCOc1ccc(-c2ccc(-c3nc4ccc(OCC(O)CF)cc4s3)cc2)cn1. The molecule has 0 aliphatic heterocycles. The molecule has 0 saturated carbocycles. The van der Waals surface area contributed by atoms with Crippen LogP contribution in [0.1, 0.15) is 6.92 Å². The number of benzene rings is 2. The van der Waals surface area contributed by atoms with E-state index in [0.717, 1.165) is 31.9 Å². The Bertz CT molecular complexity index is 1110. The molecule has 2 aromatic heterocycles. The molecular formula is C23H21FN2O3S. The van der Waals surface area contributed by atoms with E-state index in [1.165, 1.54) is 0 Å². The highest BCUT2D eigenvalue weighted by Gasteiger charge is 2.10. The highest BCUT2D eigenvalue weighted by atomic mass is 32.1. The zero-order valence-corrected chi connectivity index (χ0v) is 17.2. The maximum atomic E-state index is 12.4. The summed E-state index contributed by atoms with van der Waals surface area (Å²) in [6, 6.07) is 17.5. The van der Waals surface area contributed by atoms with Gasteiger partial charge in [0.25, 0.3) is 0 Å². The molecule has 0 aliphatic rings. The molecule has 5 nitrogen and oxygen atoms in total. The normalized spacial score (nSPS) is 12.1. The number of halogens is 1. The summed E-state index contributed by atoms with van der Waals surface area (Å²) in [6.07, 6.45) is 0.695. The van der Waals surface area contributed by atoms with Crippen molar-refractivity contribution in [2.75, 3.05) is 19.9 Å². The zero-order valence-electron chi connectivity index (χ0n) is 16.4. The second kappa shape index (κ2) is 9.19. The van der Waals surface area contributed by atoms with Crippen LogP contribution < -0.4 is 9.47 Å². The average Bonchev–Trinajstić information content (AvgIpc) is 3.22. The van der Waals surface area contributed by atoms with Gasteiger partial charge in [-0.25, -0.2) is 14.4 Å². The van der Waals surface area contributed by atoms with Gasteiger partial charge in [-0.05, 0) is 36.8 Å². The Hall–Kier alpha value is -3.03. The van der Waals surface area contributed by atoms with Gasteiger partial charge in [-0.2, -0.15) is 0 Å². The van der Waals surface area contributed by atoms with E-state index in [0.29, 0.717) is 18.2 Å². The highest BCUT2D eigenvalue weighted by Crippen LogP contribution is 2.33. The lowest BCUT2D eigenvalue weighted by Crippen LogP contribution is -2.19. The molecule has 0 amide bonds. The molecule has 0 radical (unpaired) electrons. The smallest absolute Gasteiger partial charge is 0.213 e. The first kappa shape index (κ1) is 20.3. The van der Waals surface area contributed by atoms with Gasteiger partial charge in [0, 0.05) is 23.4 Å². The molecule has 4 aromatic rings. The molecule has 4 rings (SSSR count). The maximum absolute atomic E-state index is 12.4. The fraction of sp³-hybridized carbons (Fsp3) is 0.217. The van der Waals surface area contributed by atoms with E-state index in [2.05, 4.69) is 4.98 Å². The van der Waals surface area contributed by atoms with Gasteiger partial charge in [-0.15, -0.1) is 11.3 Å². The summed E-state index contributed by atoms with van der Waals surface area (Å²) < 4.78 is 24.2. The number of aliphatic hydroxyl groups is 1. The first-order chi connectivity index (χ1) is 14.7. The number of fused-ring (bicyclic) bond motifs is 1. The molecule has 30 heavy (non-hydrogen) atoms. The lowest BCUT2D eigenvalue weighted by atomic mass is 10.1. The van der Waals surface area contributed by atoms with Gasteiger partial charge in [0.2, 0.25) is 5.88 Å². The average molecular weight is 424 g/mol. The van der Waals surface area contributed by atoms with E-state index >= 15 is 0 Å². The van der Waals surface area contributed by atoms with E-state index in [-0.39, 0.29) is 6.61 Å². The quantitative estimate of drug-likeness (QED) is 0.425. The van der Waals surface area contributed by atoms with Gasteiger partial charge in [0.15, 0.2) is 0 Å². The highest BCUT2D eigenvalue weighted by molar-refractivity contribution is 7.21. The number of rotatable bonds is 8. The first-order valence-corrected chi connectivity index (χ1v) is 10.4. The Balaban J connectivity index is 1.52. The first-order valence-electron chi connectivity index (χ1n) is 9.63. The number of thiazole rings is 1. The minimum absolute atomic E-state index is 0.0739. The standard InChI is InChI=1S/C23H21FN2O3S/c1-2-28-22-10-7-17(13-25-22)15-3-5-16(6-4-15)23-26-20-9-8-19(11-21(20)30-23)29-14-18(27)12-24/h3-11,13,18,27H,2,12,14H2,1H3. The number of nitrogens with zero attached hydrogens (tertiary/aromatic N) is 2. The summed E-state index contributed by atoms with van der Waals surface area (Å²) in [5.41, 5.74) is 3.98. The van der Waals surface area contributed by atoms with Crippen molar-refractivity contribution in [2.24, 2.45) is 0 Å². The number of aromatic nitrogens is 2. The van der Waals surface area contributed by atoms with Crippen LogP contribution in [0.2, 0.25) is 0 Å². The van der Waals surface area contributed by atoms with Crippen LogP contribution in [0.15, 0.2) is 60.8 Å². The van der Waals surface area contributed by atoms with Crippen molar-refractivity contribution in [3.05, 3.63) is 60.8 Å². The van der Waals surface area contributed by atoms with Crippen LogP contribution in [0.3, 0.4) is 0 Å². The van der Waals surface area contributed by atoms with Crippen molar-refractivity contribution < 1.29 is 19.0 Å². The van der Waals surface area contributed by atoms with Crippen LogP contribution in [0.5, 0.6) is 11.6 Å². The van der Waals surface area contributed by atoms with Crippen molar-refractivity contribution >= 4 is 21.6 Å². The monoisotopic (exact) mass is 424 g/mol. The number of ether oxygens (including phenoxy) is 2. The lowest BCUT2D eigenvalue weighted by molar-refractivity contribution is 0.0842. The summed E-state index contributed by atoms with van der Waals surface area (Å²) in [7, 11) is 0. The van der Waals surface area contributed by atoms with Gasteiger partial charge in [0.05, 0.1) is 16.8 Å². The number of hydrogen-bond acceptors (Lipinski definition) is 6. The molecule has 1 unspecified atom stereocenters. The van der Waals surface area contributed by atoms with Crippen LogP contribution >= 0.6 is 11.3 Å². The largest absolute Gasteiger partial charge is 0.491 e. The predicted molar refractivity (Wildman–Crippen MR) is 117 cm³/mol. The van der Waals surface area contributed by atoms with E-state index in [4.69, 9.17) is 14.5 Å². The molecule has 7 heteroatoms. The molecule has 2 heterocycles. The zero-order chi connectivity index (χ0) is 20.9. The Morgan fingerprint density at radius 3 is 2.47 bits per heavy atom. The molecule has 1 N–H and O–H groups in total. The topological polar surface area (TPSA) is 64.5 Å². The molecule has 1 atom stereocenters. The summed E-state index contributed by atoms with van der Waals surface area (Å²) in [5, 5.41) is 10.2. The summed E-state index contributed by atoms with van der Waals surface area (Å²) in [5.74, 6) is 1.21. The van der Waals surface area contributed by atoms with Crippen LogP contribution in [0.25, 0.3) is 31.9 Å².